The van der Waals surface area contributed by atoms with E-state index in [9.17, 15) is 4.79 Å². The molecule has 0 aliphatic carbocycles. The predicted octanol–water partition coefficient (Wildman–Crippen LogP) is 2.44. The van der Waals surface area contributed by atoms with Crippen molar-refractivity contribution in [3.63, 3.8) is 0 Å². The number of amides is 1. The largest absolute Gasteiger partial charge is 0.315 e. The molecular formula is C14H20N2OS. The second-order valence-electron chi connectivity index (χ2n) is 4.79. The summed E-state index contributed by atoms with van der Waals surface area (Å²) in [4.78, 5) is 13.7. The number of hydrogen-bond donors (Lipinski definition) is 1. The highest BCUT2D eigenvalue weighted by Crippen LogP contribution is 2.33. The maximum absolute atomic E-state index is 12.0. The van der Waals surface area contributed by atoms with Crippen molar-refractivity contribution < 1.29 is 4.79 Å². The average Bonchev–Trinajstić information content (AvgIpc) is 2.36. The molecule has 3 nitrogen and oxygen atoms in total. The van der Waals surface area contributed by atoms with Gasteiger partial charge in [0, 0.05) is 37.0 Å². The maximum Gasteiger partial charge on any atom is 0.228 e. The highest BCUT2D eigenvalue weighted by Gasteiger charge is 2.29. The van der Waals surface area contributed by atoms with Gasteiger partial charge in [0.05, 0.1) is 0 Å². The van der Waals surface area contributed by atoms with Gasteiger partial charge in [-0.05, 0) is 24.8 Å². The van der Waals surface area contributed by atoms with Crippen molar-refractivity contribution in [3.05, 3.63) is 29.8 Å². The van der Waals surface area contributed by atoms with Crippen molar-refractivity contribution in [1.29, 1.82) is 0 Å². The van der Waals surface area contributed by atoms with Gasteiger partial charge in [0.2, 0.25) is 5.91 Å². The molecule has 0 aromatic heterocycles. The minimum atomic E-state index is 0.145. The summed E-state index contributed by atoms with van der Waals surface area (Å²) in [6, 6.07) is 8.70. The Morgan fingerprint density at radius 1 is 1.50 bits per heavy atom. The van der Waals surface area contributed by atoms with E-state index in [-0.39, 0.29) is 11.9 Å². The zero-order valence-corrected chi connectivity index (χ0v) is 12.0. The summed E-state index contributed by atoms with van der Waals surface area (Å²) in [5.41, 5.74) is 2.26. The van der Waals surface area contributed by atoms with Gasteiger partial charge in [0.1, 0.15) is 0 Å². The standard InChI is InChI=1S/C14H20N2OS/c1-10(9-18-3)15-12-8-14(17)16(2)13-7-5-4-6-11(12)13/h4-7,10,12,15H,8-9H2,1-3H3. The molecule has 1 aliphatic rings. The molecule has 1 N–H and O–H groups in total. The molecule has 1 aliphatic heterocycles. The molecule has 2 atom stereocenters. The van der Waals surface area contributed by atoms with Crippen LogP contribution >= 0.6 is 11.8 Å². The Morgan fingerprint density at radius 2 is 2.22 bits per heavy atom. The fourth-order valence-corrected chi connectivity index (χ4v) is 3.03. The summed E-state index contributed by atoms with van der Waals surface area (Å²) in [6.07, 6.45) is 2.65. The van der Waals surface area contributed by atoms with Gasteiger partial charge in [0.25, 0.3) is 0 Å². The van der Waals surface area contributed by atoms with Crippen LogP contribution in [0.2, 0.25) is 0 Å². The average molecular weight is 264 g/mol. The van der Waals surface area contributed by atoms with Gasteiger partial charge in [-0.2, -0.15) is 11.8 Å². The molecule has 2 unspecified atom stereocenters. The molecule has 0 spiro atoms. The summed E-state index contributed by atoms with van der Waals surface area (Å²) >= 11 is 1.82. The van der Waals surface area contributed by atoms with Crippen LogP contribution in [-0.4, -0.2) is 31.0 Å². The van der Waals surface area contributed by atoms with E-state index in [0.717, 1.165) is 11.4 Å². The summed E-state index contributed by atoms with van der Waals surface area (Å²) < 4.78 is 0. The van der Waals surface area contributed by atoms with Crippen LogP contribution in [0, 0.1) is 0 Å². The van der Waals surface area contributed by atoms with Crippen molar-refractivity contribution in [2.24, 2.45) is 0 Å². The smallest absolute Gasteiger partial charge is 0.228 e. The Morgan fingerprint density at radius 3 is 2.94 bits per heavy atom. The van der Waals surface area contributed by atoms with Crippen LogP contribution in [0.3, 0.4) is 0 Å². The van der Waals surface area contributed by atoms with E-state index in [0.29, 0.717) is 12.5 Å². The number of benzene rings is 1. The van der Waals surface area contributed by atoms with Crippen molar-refractivity contribution in [3.8, 4) is 0 Å². The van der Waals surface area contributed by atoms with Crippen molar-refractivity contribution in [2.75, 3.05) is 24.0 Å². The van der Waals surface area contributed by atoms with E-state index in [1.165, 1.54) is 5.56 Å². The van der Waals surface area contributed by atoms with Crippen molar-refractivity contribution in [1.82, 2.24) is 5.32 Å². The number of nitrogens with zero attached hydrogens (tertiary/aromatic N) is 1. The van der Waals surface area contributed by atoms with Crippen LogP contribution in [0.5, 0.6) is 0 Å². The third kappa shape index (κ3) is 2.70. The van der Waals surface area contributed by atoms with Crippen LogP contribution < -0.4 is 10.2 Å². The molecule has 18 heavy (non-hydrogen) atoms. The van der Waals surface area contributed by atoms with Gasteiger partial charge in [-0.15, -0.1) is 0 Å². The number of hydrogen-bond acceptors (Lipinski definition) is 3. The van der Waals surface area contributed by atoms with E-state index < -0.39 is 0 Å². The minimum Gasteiger partial charge on any atom is -0.315 e. The lowest BCUT2D eigenvalue weighted by atomic mass is 9.95. The molecule has 1 aromatic carbocycles. The topological polar surface area (TPSA) is 32.3 Å². The van der Waals surface area contributed by atoms with Crippen LogP contribution in [0.25, 0.3) is 0 Å². The molecule has 2 rings (SSSR count). The predicted molar refractivity (Wildman–Crippen MR) is 78.2 cm³/mol. The number of para-hydroxylation sites is 1. The molecule has 0 saturated carbocycles. The third-order valence-electron chi connectivity index (χ3n) is 3.33. The number of rotatable bonds is 4. The summed E-state index contributed by atoms with van der Waals surface area (Å²) in [7, 11) is 1.85. The quantitative estimate of drug-likeness (QED) is 0.906. The second kappa shape index (κ2) is 5.76. The molecule has 0 fully saturated rings. The summed E-state index contributed by atoms with van der Waals surface area (Å²) in [6.45, 7) is 2.17. The lowest BCUT2D eigenvalue weighted by Crippen LogP contribution is -2.41. The number of carbonyl (C=O) groups excluding carboxylic acids is 1. The number of thioether (sulfide) groups is 1. The first-order valence-electron chi connectivity index (χ1n) is 6.24. The van der Waals surface area contributed by atoms with Crippen LogP contribution in [0.4, 0.5) is 5.69 Å². The highest BCUT2D eigenvalue weighted by molar-refractivity contribution is 7.98. The van der Waals surface area contributed by atoms with E-state index in [2.05, 4.69) is 24.6 Å². The number of fused-ring (bicyclic) bond motifs is 1. The third-order valence-corrected chi connectivity index (χ3v) is 4.16. The SMILES string of the molecule is CSCC(C)NC1CC(=O)N(C)c2ccccc21. The Balaban J connectivity index is 2.22. The summed E-state index contributed by atoms with van der Waals surface area (Å²) in [5, 5.41) is 3.56. The lowest BCUT2D eigenvalue weighted by molar-refractivity contribution is -0.119. The summed E-state index contributed by atoms with van der Waals surface area (Å²) in [5.74, 6) is 1.24. The molecule has 1 aromatic rings. The lowest BCUT2D eigenvalue weighted by Gasteiger charge is -2.33. The van der Waals surface area contributed by atoms with Crippen LogP contribution in [0.15, 0.2) is 24.3 Å². The fourth-order valence-electron chi connectivity index (χ4n) is 2.43. The van der Waals surface area contributed by atoms with E-state index in [4.69, 9.17) is 0 Å². The monoisotopic (exact) mass is 264 g/mol. The Labute approximate surface area is 113 Å². The van der Waals surface area contributed by atoms with Crippen molar-refractivity contribution >= 4 is 23.4 Å². The van der Waals surface area contributed by atoms with E-state index in [1.54, 1.807) is 4.90 Å². The maximum atomic E-state index is 12.0. The van der Waals surface area contributed by atoms with Gasteiger partial charge < -0.3 is 10.2 Å². The highest BCUT2D eigenvalue weighted by atomic mass is 32.2. The first kappa shape index (κ1) is 13.4. The van der Waals surface area contributed by atoms with E-state index >= 15 is 0 Å². The Kier molecular flexibility index (Phi) is 4.30. The van der Waals surface area contributed by atoms with Gasteiger partial charge >= 0.3 is 0 Å². The first-order valence-corrected chi connectivity index (χ1v) is 7.63. The molecule has 0 saturated heterocycles. The van der Waals surface area contributed by atoms with Gasteiger partial charge in [-0.3, -0.25) is 4.79 Å². The molecule has 4 heteroatoms. The van der Waals surface area contributed by atoms with Crippen LogP contribution in [-0.2, 0) is 4.79 Å². The van der Waals surface area contributed by atoms with Gasteiger partial charge in [-0.1, -0.05) is 18.2 Å². The Bertz CT molecular complexity index is 436. The molecule has 0 radical (unpaired) electrons. The van der Waals surface area contributed by atoms with Gasteiger partial charge in [-0.25, -0.2) is 0 Å². The zero-order chi connectivity index (χ0) is 13.1. The number of carbonyl (C=O) groups is 1. The Hall–Kier alpha value is -1.00. The first-order chi connectivity index (χ1) is 8.63. The van der Waals surface area contributed by atoms with Gasteiger partial charge in [0.15, 0.2) is 0 Å². The normalized spacial score (nSPS) is 20.7. The fraction of sp³-hybridized carbons (Fsp3) is 0.500. The second-order valence-corrected chi connectivity index (χ2v) is 5.70. The molecule has 0 bridgehead atoms. The van der Waals surface area contributed by atoms with E-state index in [1.807, 2.05) is 37.0 Å². The number of nitrogens with one attached hydrogen (secondary N) is 1. The molecule has 1 amide bonds. The molecule has 98 valence electrons. The van der Waals surface area contributed by atoms with Crippen molar-refractivity contribution in [2.45, 2.75) is 25.4 Å². The molecular weight excluding hydrogens is 244 g/mol. The van der Waals surface area contributed by atoms with Crippen LogP contribution in [0.1, 0.15) is 24.9 Å². The minimum absolute atomic E-state index is 0.145. The zero-order valence-electron chi connectivity index (χ0n) is 11.1. The number of anilines is 1. The molecule has 1 heterocycles.